The van der Waals surface area contributed by atoms with Crippen LogP contribution in [-0.2, 0) is 0 Å². The zero-order valence-electron chi connectivity index (χ0n) is 3.27. The zero-order chi connectivity index (χ0) is 0. The van der Waals surface area contributed by atoms with Crippen molar-refractivity contribution < 1.29 is 0 Å². The van der Waals surface area contributed by atoms with Crippen molar-refractivity contribution in [3.8, 4) is 0 Å². The molecule has 0 aliphatic heterocycles. The maximum absolute atomic E-state index is 0. The molecule has 0 fully saturated rings. The topological polar surface area (TPSA) is 0 Å². The Balaban J connectivity index is 0. The van der Waals surface area contributed by atoms with E-state index < -0.39 is 0 Å². The molecule has 0 N–H and O–H groups in total. The van der Waals surface area contributed by atoms with Gasteiger partial charge in [-0.15, -0.1) is 99.3 Å². The van der Waals surface area contributed by atoms with Crippen LogP contribution in [0.4, 0.5) is 0 Å². The van der Waals surface area contributed by atoms with E-state index >= 15 is 0 Å². The zero-order valence-corrected chi connectivity index (χ0v) is 9.80. The molecular weight excluding hydrogens is 582 g/mol. The summed E-state index contributed by atoms with van der Waals surface area (Å²) in [6.07, 6.45) is 0. The third kappa shape index (κ3) is 167. The summed E-state index contributed by atoms with van der Waals surface area (Å²) in [6.45, 7) is 0. The normalized spacial score (nSPS) is 0. The van der Waals surface area contributed by atoms with E-state index in [0.29, 0.717) is 0 Å². The van der Waals surface area contributed by atoms with Crippen LogP contribution in [0.2, 0.25) is 0 Å². The molecule has 0 aromatic heterocycles. The van der Waals surface area contributed by atoms with Crippen molar-refractivity contribution in [1.29, 1.82) is 0 Å². The molecule has 0 aliphatic carbocycles. The van der Waals surface area contributed by atoms with Gasteiger partial charge in [0, 0.05) is 0 Å². The van der Waals surface area contributed by atoms with Gasteiger partial charge in [0.25, 0.3) is 0 Å². The van der Waals surface area contributed by atoms with E-state index in [1.54, 1.807) is 0 Å². The minimum atomic E-state index is 0. The molecule has 0 aliphatic rings. The number of hydrogen-bond acceptors (Lipinski definition) is 0. The van der Waals surface area contributed by atoms with Gasteiger partial charge in [0.05, 0.1) is 0 Å². The van der Waals surface area contributed by atoms with Crippen molar-refractivity contribution in [3.05, 3.63) is 0 Å². The van der Waals surface area contributed by atoms with Crippen LogP contribution in [0.1, 0.15) is 0 Å². The van der Waals surface area contributed by atoms with Crippen molar-refractivity contribution in [2.45, 2.75) is 0 Å². The van der Waals surface area contributed by atoms with Gasteiger partial charge in [0.2, 0.25) is 0 Å². The molecule has 0 saturated heterocycles. The minimum absolute atomic E-state index is 0. The summed E-state index contributed by atoms with van der Waals surface area (Å²) in [6, 6.07) is 0. The van der Waals surface area contributed by atoms with Crippen molar-refractivity contribution >= 4 is 484 Å². The Kier molecular flexibility index (Phi) is 1630. The molecule has 0 rings (SSSR count). The van der Waals surface area contributed by atoms with Gasteiger partial charge in [0.1, 0.15) is 0 Å². The van der Waals surface area contributed by atoms with Crippen LogP contribution in [0.5, 0.6) is 0 Å². The predicted molar refractivity (Wildman–Crippen MR) is 151 cm³/mol. The predicted octanol–water partition coefficient (Wildman–Crippen LogP) is -5.06. The van der Waals surface area contributed by atoms with Gasteiger partial charge < -0.3 is 0 Å². The molecule has 90 valence electrons. The molecule has 0 nitrogen and oxygen atoms in total. The standard InChI is InChI=1S/8ClH.13Na.13H/h8*1H;;;;;;;;;;;;;;;;;;;;;;;;;;. The summed E-state index contributed by atoms with van der Waals surface area (Å²) in [5, 5.41) is 0. The Hall–Kier alpha value is 15.3. The Morgan fingerprint density at radius 2 is 0.0952 bits per heavy atom. The van der Waals surface area contributed by atoms with Crippen LogP contribution >= 0.6 is 99.3 Å². The van der Waals surface area contributed by atoms with E-state index in [1.165, 1.54) is 0 Å². The van der Waals surface area contributed by atoms with E-state index in [-0.39, 0.29) is 484 Å². The first-order chi connectivity index (χ1) is 0. The van der Waals surface area contributed by atoms with Crippen molar-refractivity contribution in [2.75, 3.05) is 0 Å². The van der Waals surface area contributed by atoms with Crippen LogP contribution in [0.3, 0.4) is 0 Å². The van der Waals surface area contributed by atoms with E-state index in [9.17, 15) is 0 Å². The quantitative estimate of drug-likeness (QED) is 0.244. The Labute approximate surface area is 468 Å². The van der Waals surface area contributed by atoms with Crippen LogP contribution in [0.25, 0.3) is 0 Å². The summed E-state index contributed by atoms with van der Waals surface area (Å²) < 4.78 is 0. The molecule has 0 heterocycles. The van der Waals surface area contributed by atoms with Crippen LogP contribution in [-0.4, -0.2) is 384 Å². The van der Waals surface area contributed by atoms with E-state index in [4.69, 9.17) is 0 Å². The first-order valence-corrected chi connectivity index (χ1v) is 0. The summed E-state index contributed by atoms with van der Waals surface area (Å²) in [5.41, 5.74) is 0. The molecule has 0 atom stereocenters. The second-order valence-electron chi connectivity index (χ2n) is 0. The third-order valence-electron chi connectivity index (χ3n) is 0. The van der Waals surface area contributed by atoms with E-state index in [2.05, 4.69) is 0 Å². The molecule has 0 spiro atoms. The molecule has 0 amide bonds. The fraction of sp³-hybridized carbons (Fsp3) is 0. The second kappa shape index (κ2) is 177. The van der Waals surface area contributed by atoms with Gasteiger partial charge in [-0.2, -0.15) is 0 Å². The van der Waals surface area contributed by atoms with Gasteiger partial charge in [-0.25, -0.2) is 0 Å². The Morgan fingerprint density at radius 3 is 0.0952 bits per heavy atom. The molecule has 21 heavy (non-hydrogen) atoms. The molecule has 21 heteroatoms. The SMILES string of the molecule is Cl.Cl.Cl.Cl.Cl.Cl.Cl.Cl.[NaH].[NaH].[NaH].[NaH].[NaH].[NaH].[NaH].[NaH].[NaH].[NaH].[NaH].[NaH].[NaH]. The van der Waals surface area contributed by atoms with Gasteiger partial charge in [-0.05, 0) is 0 Å². The van der Waals surface area contributed by atoms with E-state index in [0.717, 1.165) is 0 Å². The number of hydrogen-bond donors (Lipinski definition) is 0. The molecule has 0 radical (unpaired) electrons. The van der Waals surface area contributed by atoms with Crippen molar-refractivity contribution in [1.82, 2.24) is 0 Å². The van der Waals surface area contributed by atoms with Gasteiger partial charge >= 0.3 is 384 Å². The van der Waals surface area contributed by atoms with Crippen LogP contribution in [0.15, 0.2) is 0 Å². The monoisotopic (exact) mass is 600 g/mol. The summed E-state index contributed by atoms with van der Waals surface area (Å²) in [4.78, 5) is 0. The summed E-state index contributed by atoms with van der Waals surface area (Å²) >= 11 is 0. The molecule has 0 aromatic carbocycles. The van der Waals surface area contributed by atoms with Crippen LogP contribution < -0.4 is 0 Å². The Bertz CT molecular complexity index is 20.1. The third-order valence-corrected chi connectivity index (χ3v) is 0. The number of halogens is 8. The maximum atomic E-state index is 0. The molecule has 0 bridgehead atoms. The molecular formula is H21Cl8Na13. The molecule has 0 unspecified atom stereocenters. The second-order valence-corrected chi connectivity index (χ2v) is 0. The van der Waals surface area contributed by atoms with E-state index in [1.807, 2.05) is 0 Å². The van der Waals surface area contributed by atoms with Crippen molar-refractivity contribution in [3.63, 3.8) is 0 Å². The van der Waals surface area contributed by atoms with Crippen LogP contribution in [0, 0.1) is 0 Å². The fourth-order valence-corrected chi connectivity index (χ4v) is 0. The van der Waals surface area contributed by atoms with Gasteiger partial charge in [-0.1, -0.05) is 0 Å². The fourth-order valence-electron chi connectivity index (χ4n) is 0. The molecule has 0 aromatic rings. The van der Waals surface area contributed by atoms with Crippen molar-refractivity contribution in [2.24, 2.45) is 0 Å². The summed E-state index contributed by atoms with van der Waals surface area (Å²) in [5.74, 6) is 0. The Morgan fingerprint density at radius 1 is 0.0952 bits per heavy atom. The first-order valence-electron chi connectivity index (χ1n) is 0. The average Bonchev–Trinajstić information content (AvgIpc) is 0. The van der Waals surface area contributed by atoms with Gasteiger partial charge in [0.15, 0.2) is 0 Å². The van der Waals surface area contributed by atoms with Gasteiger partial charge in [-0.3, -0.25) is 0 Å². The summed E-state index contributed by atoms with van der Waals surface area (Å²) in [7, 11) is 0. The first kappa shape index (κ1) is 193. The molecule has 0 saturated carbocycles. The average molecular weight is 604 g/mol. The number of rotatable bonds is 0.